The first-order chi connectivity index (χ1) is 14.0. The van der Waals surface area contributed by atoms with Gasteiger partial charge >= 0.3 is 0 Å². The van der Waals surface area contributed by atoms with E-state index in [1.807, 2.05) is 27.7 Å². The van der Waals surface area contributed by atoms with Crippen LogP contribution < -0.4 is 33.2 Å². The topological polar surface area (TPSA) is 182 Å². The summed E-state index contributed by atoms with van der Waals surface area (Å²) in [5, 5.41) is 7.73. The molecule has 0 radical (unpaired) electrons. The molecule has 30 heavy (non-hydrogen) atoms. The summed E-state index contributed by atoms with van der Waals surface area (Å²) in [7, 11) is 0. The van der Waals surface area contributed by atoms with E-state index < -0.39 is 41.8 Å². The Morgan fingerprint density at radius 1 is 0.967 bits per heavy atom. The van der Waals surface area contributed by atoms with Crippen LogP contribution in [0.2, 0.25) is 0 Å². The first-order valence-corrected chi connectivity index (χ1v) is 10.7. The first kappa shape index (κ1) is 27.8. The molecule has 0 aromatic heterocycles. The van der Waals surface area contributed by atoms with Crippen LogP contribution >= 0.6 is 0 Å². The van der Waals surface area contributed by atoms with Crippen molar-refractivity contribution in [3.8, 4) is 0 Å². The molecule has 0 aliphatic rings. The summed E-state index contributed by atoms with van der Waals surface area (Å²) < 4.78 is 0. The summed E-state index contributed by atoms with van der Waals surface area (Å²) in [6.45, 7) is 7.80. The zero-order valence-corrected chi connectivity index (χ0v) is 18.7. The number of hydrogen-bond acceptors (Lipinski definition) is 6. The van der Waals surface area contributed by atoms with Gasteiger partial charge in [0.25, 0.3) is 0 Å². The van der Waals surface area contributed by atoms with Crippen LogP contribution in [0.5, 0.6) is 0 Å². The maximum Gasteiger partial charge on any atom is 0.243 e. The van der Waals surface area contributed by atoms with Crippen LogP contribution in [0.15, 0.2) is 0 Å². The highest BCUT2D eigenvalue weighted by atomic mass is 16.2. The Morgan fingerprint density at radius 2 is 1.60 bits per heavy atom. The van der Waals surface area contributed by atoms with Crippen molar-refractivity contribution in [1.29, 1.82) is 0 Å². The largest absolute Gasteiger partial charge is 0.368 e. The van der Waals surface area contributed by atoms with Crippen molar-refractivity contribution < 1.29 is 19.2 Å². The van der Waals surface area contributed by atoms with E-state index in [1.165, 1.54) is 0 Å². The number of carbonyl (C=O) groups is 4. The fraction of sp³-hybridized carbons (Fsp3) is 0.800. The molecule has 0 fully saturated rings. The van der Waals surface area contributed by atoms with Gasteiger partial charge in [0.1, 0.15) is 12.1 Å². The number of nitrogens with one attached hydrogen (secondary N) is 3. The van der Waals surface area contributed by atoms with E-state index in [4.69, 9.17) is 17.2 Å². The van der Waals surface area contributed by atoms with Gasteiger partial charge in [-0.2, -0.15) is 0 Å². The Hall–Kier alpha value is -2.20. The Bertz CT molecular complexity index is 569. The van der Waals surface area contributed by atoms with Crippen LogP contribution in [0.1, 0.15) is 59.8 Å². The van der Waals surface area contributed by atoms with E-state index in [1.54, 1.807) is 0 Å². The standard InChI is InChI=1S/C20H40N6O4/c1-5-13(4)17(26-19(29)14(22)10-12(2)3)20(30)24-11-16(27)25-15(18(23)28)8-6-7-9-21/h12-15,17H,5-11,21-22H2,1-4H3,(H2,23,28)(H,24,30)(H,25,27)(H,26,29)/t13-,14-,15-,17-/m0/s1. The summed E-state index contributed by atoms with van der Waals surface area (Å²) in [5.41, 5.74) is 16.6. The molecule has 0 heterocycles. The average Bonchev–Trinajstić information content (AvgIpc) is 2.68. The van der Waals surface area contributed by atoms with Gasteiger partial charge in [0, 0.05) is 0 Å². The molecule has 0 unspecified atom stereocenters. The number of hydrogen-bond donors (Lipinski definition) is 6. The molecule has 0 saturated heterocycles. The molecule has 4 amide bonds. The van der Waals surface area contributed by atoms with Crippen LogP contribution in [0.4, 0.5) is 0 Å². The highest BCUT2D eigenvalue weighted by Crippen LogP contribution is 2.10. The predicted octanol–water partition coefficient (Wildman–Crippen LogP) is -0.894. The zero-order valence-electron chi connectivity index (χ0n) is 18.7. The van der Waals surface area contributed by atoms with Crippen LogP contribution in [0.3, 0.4) is 0 Å². The quantitative estimate of drug-likeness (QED) is 0.184. The molecule has 0 bridgehead atoms. The molecule has 9 N–H and O–H groups in total. The highest BCUT2D eigenvalue weighted by Gasteiger charge is 2.28. The average molecular weight is 429 g/mol. The maximum atomic E-state index is 12.6. The third-order valence-corrected chi connectivity index (χ3v) is 4.90. The minimum atomic E-state index is -0.819. The lowest BCUT2D eigenvalue weighted by Crippen LogP contribution is -2.56. The van der Waals surface area contributed by atoms with Crippen LogP contribution in [-0.4, -0.2) is 54.8 Å². The summed E-state index contributed by atoms with van der Waals surface area (Å²) in [6, 6.07) is -2.34. The fourth-order valence-electron chi connectivity index (χ4n) is 2.88. The number of unbranched alkanes of at least 4 members (excludes halogenated alkanes) is 1. The Kier molecular flexibility index (Phi) is 13.7. The minimum absolute atomic E-state index is 0.155. The number of carbonyl (C=O) groups excluding carboxylic acids is 4. The normalized spacial score (nSPS) is 15.0. The Balaban J connectivity index is 4.82. The molecule has 0 aromatic rings. The van der Waals surface area contributed by atoms with Crippen molar-refractivity contribution >= 4 is 23.6 Å². The second-order valence-corrected chi connectivity index (χ2v) is 8.13. The van der Waals surface area contributed by atoms with Gasteiger partial charge in [-0.1, -0.05) is 34.1 Å². The van der Waals surface area contributed by atoms with Gasteiger partial charge in [-0.15, -0.1) is 0 Å². The predicted molar refractivity (Wildman–Crippen MR) is 116 cm³/mol. The minimum Gasteiger partial charge on any atom is -0.368 e. The van der Waals surface area contributed by atoms with Crippen molar-refractivity contribution in [2.75, 3.05) is 13.1 Å². The van der Waals surface area contributed by atoms with Gasteiger partial charge in [0.15, 0.2) is 0 Å². The number of amides is 4. The summed E-state index contributed by atoms with van der Waals surface area (Å²) in [6.07, 6.45) is 2.89. The summed E-state index contributed by atoms with van der Waals surface area (Å²) in [5.74, 6) is -1.97. The monoisotopic (exact) mass is 428 g/mol. The Labute approximate surface area is 179 Å². The molecule has 0 spiro atoms. The fourth-order valence-corrected chi connectivity index (χ4v) is 2.88. The molecule has 0 saturated carbocycles. The van der Waals surface area contributed by atoms with E-state index in [2.05, 4.69) is 16.0 Å². The van der Waals surface area contributed by atoms with E-state index in [0.29, 0.717) is 38.6 Å². The Morgan fingerprint density at radius 3 is 2.10 bits per heavy atom. The zero-order chi connectivity index (χ0) is 23.3. The molecular formula is C20H40N6O4. The van der Waals surface area contributed by atoms with E-state index >= 15 is 0 Å². The first-order valence-electron chi connectivity index (χ1n) is 10.7. The lowest BCUT2D eigenvalue weighted by atomic mass is 9.97. The third kappa shape index (κ3) is 11.1. The molecule has 10 nitrogen and oxygen atoms in total. The molecule has 4 atom stereocenters. The lowest BCUT2D eigenvalue weighted by molar-refractivity contribution is -0.132. The van der Waals surface area contributed by atoms with Crippen molar-refractivity contribution in [2.45, 2.75) is 77.9 Å². The van der Waals surface area contributed by atoms with Crippen molar-refractivity contribution in [3.63, 3.8) is 0 Å². The van der Waals surface area contributed by atoms with Crippen molar-refractivity contribution in [3.05, 3.63) is 0 Å². The van der Waals surface area contributed by atoms with Gasteiger partial charge in [0.2, 0.25) is 23.6 Å². The SMILES string of the molecule is CC[C@H](C)[C@H](NC(=O)[C@@H](N)CC(C)C)C(=O)NCC(=O)N[C@@H](CCCCN)C(N)=O. The highest BCUT2D eigenvalue weighted by molar-refractivity contribution is 5.93. The summed E-state index contributed by atoms with van der Waals surface area (Å²) >= 11 is 0. The molecule has 0 aliphatic heterocycles. The smallest absolute Gasteiger partial charge is 0.243 e. The van der Waals surface area contributed by atoms with Crippen molar-refractivity contribution in [1.82, 2.24) is 16.0 Å². The summed E-state index contributed by atoms with van der Waals surface area (Å²) in [4.78, 5) is 48.6. The number of primary amides is 1. The molecule has 174 valence electrons. The van der Waals surface area contributed by atoms with Gasteiger partial charge in [-0.25, -0.2) is 0 Å². The molecular weight excluding hydrogens is 388 g/mol. The molecule has 0 aromatic carbocycles. The van der Waals surface area contributed by atoms with Gasteiger partial charge in [0.05, 0.1) is 12.6 Å². The second-order valence-electron chi connectivity index (χ2n) is 8.13. The molecule has 0 rings (SSSR count). The van der Waals surface area contributed by atoms with E-state index in [-0.39, 0.29) is 18.4 Å². The van der Waals surface area contributed by atoms with E-state index in [9.17, 15) is 19.2 Å². The lowest BCUT2D eigenvalue weighted by Gasteiger charge is -2.25. The van der Waals surface area contributed by atoms with Crippen LogP contribution in [-0.2, 0) is 19.2 Å². The van der Waals surface area contributed by atoms with Gasteiger partial charge in [-0.3, -0.25) is 19.2 Å². The van der Waals surface area contributed by atoms with Gasteiger partial charge in [-0.05, 0) is 44.1 Å². The third-order valence-electron chi connectivity index (χ3n) is 4.90. The van der Waals surface area contributed by atoms with Crippen LogP contribution in [0.25, 0.3) is 0 Å². The number of nitrogens with two attached hydrogens (primary N) is 3. The van der Waals surface area contributed by atoms with Crippen molar-refractivity contribution in [2.24, 2.45) is 29.0 Å². The maximum absolute atomic E-state index is 12.6. The van der Waals surface area contributed by atoms with Gasteiger partial charge < -0.3 is 33.2 Å². The van der Waals surface area contributed by atoms with E-state index in [0.717, 1.165) is 0 Å². The molecule has 10 heteroatoms. The number of rotatable bonds is 15. The van der Waals surface area contributed by atoms with Crippen LogP contribution in [0, 0.1) is 11.8 Å². The second kappa shape index (κ2) is 14.7. The molecule has 0 aliphatic carbocycles.